The molecule has 2 rings (SSSR count). The van der Waals surface area contributed by atoms with Gasteiger partial charge in [0, 0.05) is 5.56 Å². The number of hydrogen-bond acceptors (Lipinski definition) is 3. The number of benzene rings is 2. The number of nitriles is 1. The lowest BCUT2D eigenvalue weighted by Crippen LogP contribution is -2.00. The Morgan fingerprint density at radius 3 is 2.55 bits per heavy atom. The average Bonchev–Trinajstić information content (AvgIpc) is 2.46. The van der Waals surface area contributed by atoms with E-state index < -0.39 is 0 Å². The van der Waals surface area contributed by atoms with Crippen LogP contribution in [0.1, 0.15) is 16.7 Å². The molecule has 0 aliphatic carbocycles. The molecule has 4 heteroatoms. The summed E-state index contributed by atoms with van der Waals surface area (Å²) in [6.07, 6.45) is 0. The molecular formula is C16H14BrNO2. The highest BCUT2D eigenvalue weighted by Gasteiger charge is 2.07. The third-order valence-corrected chi connectivity index (χ3v) is 3.50. The highest BCUT2D eigenvalue weighted by molar-refractivity contribution is 9.10. The second-order valence-electron chi connectivity index (χ2n) is 4.36. The van der Waals surface area contributed by atoms with Crippen molar-refractivity contribution < 1.29 is 9.47 Å². The monoisotopic (exact) mass is 331 g/mol. The fourth-order valence-corrected chi connectivity index (χ4v) is 2.45. The molecule has 2 aromatic rings. The minimum absolute atomic E-state index is 0.348. The van der Waals surface area contributed by atoms with Crippen LogP contribution >= 0.6 is 15.9 Å². The van der Waals surface area contributed by atoms with Crippen molar-refractivity contribution >= 4 is 15.9 Å². The Kier molecular flexibility index (Phi) is 4.65. The fourth-order valence-electron chi connectivity index (χ4n) is 1.84. The zero-order chi connectivity index (χ0) is 14.5. The Bertz CT molecular complexity index is 662. The summed E-state index contributed by atoms with van der Waals surface area (Å²) in [5, 5.41) is 8.95. The minimum atomic E-state index is 0.348. The molecule has 0 unspecified atom stereocenters. The van der Waals surface area contributed by atoms with E-state index in [4.69, 9.17) is 14.7 Å². The first-order valence-electron chi connectivity index (χ1n) is 6.10. The van der Waals surface area contributed by atoms with Crippen LogP contribution in [0.3, 0.4) is 0 Å². The molecule has 20 heavy (non-hydrogen) atoms. The van der Waals surface area contributed by atoms with E-state index in [2.05, 4.69) is 22.0 Å². The first-order valence-corrected chi connectivity index (χ1v) is 6.89. The maximum atomic E-state index is 8.95. The van der Waals surface area contributed by atoms with Crippen LogP contribution in [-0.2, 0) is 6.61 Å². The van der Waals surface area contributed by atoms with E-state index in [0.717, 1.165) is 21.3 Å². The summed E-state index contributed by atoms with van der Waals surface area (Å²) in [6.45, 7) is 2.37. The Morgan fingerprint density at radius 1 is 1.15 bits per heavy atom. The van der Waals surface area contributed by atoms with Gasteiger partial charge in [0.1, 0.15) is 18.1 Å². The van der Waals surface area contributed by atoms with Crippen LogP contribution in [0, 0.1) is 18.3 Å². The number of aryl methyl sites for hydroxylation is 1. The van der Waals surface area contributed by atoms with Gasteiger partial charge in [-0.05, 0) is 58.7 Å². The molecule has 0 amide bonds. The van der Waals surface area contributed by atoms with Crippen molar-refractivity contribution in [2.75, 3.05) is 7.11 Å². The lowest BCUT2D eigenvalue weighted by atomic mass is 10.1. The number of hydrogen-bond donors (Lipinski definition) is 0. The Hall–Kier alpha value is -1.99. The SMILES string of the molecule is COc1ccc(C#N)cc1COc1ccc(C)cc1Br. The van der Waals surface area contributed by atoms with Crippen LogP contribution in [-0.4, -0.2) is 7.11 Å². The maximum Gasteiger partial charge on any atom is 0.134 e. The third-order valence-electron chi connectivity index (χ3n) is 2.88. The van der Waals surface area contributed by atoms with Crippen molar-refractivity contribution in [2.45, 2.75) is 13.5 Å². The van der Waals surface area contributed by atoms with Crippen molar-refractivity contribution in [3.05, 3.63) is 57.6 Å². The molecule has 0 saturated heterocycles. The molecule has 2 aromatic carbocycles. The van der Waals surface area contributed by atoms with Gasteiger partial charge >= 0.3 is 0 Å². The van der Waals surface area contributed by atoms with Gasteiger partial charge < -0.3 is 9.47 Å². The lowest BCUT2D eigenvalue weighted by molar-refractivity contribution is 0.295. The topological polar surface area (TPSA) is 42.2 Å². The molecule has 0 atom stereocenters. The molecule has 0 aliphatic heterocycles. The van der Waals surface area contributed by atoms with Crippen molar-refractivity contribution in [2.24, 2.45) is 0 Å². The van der Waals surface area contributed by atoms with E-state index in [0.29, 0.717) is 17.9 Å². The van der Waals surface area contributed by atoms with Crippen LogP contribution in [0.2, 0.25) is 0 Å². The van der Waals surface area contributed by atoms with Crippen LogP contribution in [0.15, 0.2) is 40.9 Å². The largest absolute Gasteiger partial charge is 0.496 e. The standard InChI is InChI=1S/C16H14BrNO2/c1-11-3-5-16(14(17)7-11)20-10-13-8-12(9-18)4-6-15(13)19-2/h3-8H,10H2,1-2H3. The van der Waals surface area contributed by atoms with Gasteiger partial charge in [-0.15, -0.1) is 0 Å². The van der Waals surface area contributed by atoms with Gasteiger partial charge in [-0.1, -0.05) is 6.07 Å². The van der Waals surface area contributed by atoms with Crippen molar-refractivity contribution in [3.63, 3.8) is 0 Å². The minimum Gasteiger partial charge on any atom is -0.496 e. The third kappa shape index (κ3) is 3.31. The Balaban J connectivity index is 2.20. The summed E-state index contributed by atoms with van der Waals surface area (Å²) in [5.74, 6) is 1.48. The summed E-state index contributed by atoms with van der Waals surface area (Å²) in [6, 6.07) is 13.3. The number of halogens is 1. The zero-order valence-electron chi connectivity index (χ0n) is 11.3. The summed E-state index contributed by atoms with van der Waals surface area (Å²) >= 11 is 3.48. The second kappa shape index (κ2) is 6.44. The molecule has 0 bridgehead atoms. The van der Waals surface area contributed by atoms with Gasteiger partial charge in [0.2, 0.25) is 0 Å². The van der Waals surface area contributed by atoms with Crippen LogP contribution in [0.4, 0.5) is 0 Å². The smallest absolute Gasteiger partial charge is 0.134 e. The van der Waals surface area contributed by atoms with Gasteiger partial charge in [0.15, 0.2) is 0 Å². The molecular weight excluding hydrogens is 318 g/mol. The van der Waals surface area contributed by atoms with E-state index >= 15 is 0 Å². The molecule has 0 aromatic heterocycles. The fraction of sp³-hybridized carbons (Fsp3) is 0.188. The molecule has 3 nitrogen and oxygen atoms in total. The predicted octanol–water partition coefficient (Wildman–Crippen LogP) is 4.22. The van der Waals surface area contributed by atoms with Crippen molar-refractivity contribution in [1.82, 2.24) is 0 Å². The second-order valence-corrected chi connectivity index (χ2v) is 5.22. The van der Waals surface area contributed by atoms with Crippen LogP contribution in [0.25, 0.3) is 0 Å². The van der Waals surface area contributed by atoms with E-state index in [9.17, 15) is 0 Å². The lowest BCUT2D eigenvalue weighted by Gasteiger charge is -2.12. The zero-order valence-corrected chi connectivity index (χ0v) is 12.9. The first kappa shape index (κ1) is 14.4. The summed E-state index contributed by atoms with van der Waals surface area (Å²) in [7, 11) is 1.60. The molecule has 0 fully saturated rings. The average molecular weight is 332 g/mol. The normalized spacial score (nSPS) is 9.90. The molecule has 0 heterocycles. The predicted molar refractivity (Wildman–Crippen MR) is 80.9 cm³/mol. The summed E-state index contributed by atoms with van der Waals surface area (Å²) in [5.41, 5.74) is 2.60. The number of rotatable bonds is 4. The molecule has 0 N–H and O–H groups in total. The summed E-state index contributed by atoms with van der Waals surface area (Å²) < 4.78 is 12.0. The molecule has 0 radical (unpaired) electrons. The van der Waals surface area contributed by atoms with E-state index in [1.807, 2.05) is 25.1 Å². The molecule has 102 valence electrons. The van der Waals surface area contributed by atoms with E-state index in [-0.39, 0.29) is 0 Å². The Labute approximate surface area is 126 Å². The van der Waals surface area contributed by atoms with E-state index in [1.54, 1.807) is 25.3 Å². The van der Waals surface area contributed by atoms with Crippen molar-refractivity contribution in [3.8, 4) is 17.6 Å². The number of methoxy groups -OCH3 is 1. The highest BCUT2D eigenvalue weighted by atomic mass is 79.9. The highest BCUT2D eigenvalue weighted by Crippen LogP contribution is 2.28. The molecule has 0 saturated carbocycles. The molecule has 0 spiro atoms. The maximum absolute atomic E-state index is 8.95. The quantitative estimate of drug-likeness (QED) is 0.842. The van der Waals surface area contributed by atoms with Crippen molar-refractivity contribution in [1.29, 1.82) is 5.26 Å². The number of ether oxygens (including phenoxy) is 2. The first-order chi connectivity index (χ1) is 9.63. The van der Waals surface area contributed by atoms with Gasteiger partial charge in [0.05, 0.1) is 23.2 Å². The van der Waals surface area contributed by atoms with E-state index in [1.165, 1.54) is 0 Å². The van der Waals surface area contributed by atoms with Gasteiger partial charge in [-0.25, -0.2) is 0 Å². The van der Waals surface area contributed by atoms with Crippen LogP contribution in [0.5, 0.6) is 11.5 Å². The van der Waals surface area contributed by atoms with Gasteiger partial charge in [-0.3, -0.25) is 0 Å². The van der Waals surface area contributed by atoms with Gasteiger partial charge in [0.25, 0.3) is 0 Å². The van der Waals surface area contributed by atoms with Gasteiger partial charge in [-0.2, -0.15) is 5.26 Å². The van der Waals surface area contributed by atoms with Crippen LogP contribution < -0.4 is 9.47 Å². The summed E-state index contributed by atoms with van der Waals surface area (Å²) in [4.78, 5) is 0. The Morgan fingerprint density at radius 2 is 1.90 bits per heavy atom. The molecule has 0 aliphatic rings. The number of nitrogens with zero attached hydrogens (tertiary/aromatic N) is 1.